The molecule has 125 valence electrons. The topological polar surface area (TPSA) is 29.1 Å². The second kappa shape index (κ2) is 8.97. The van der Waals surface area contributed by atoms with Crippen LogP contribution in [0.25, 0.3) is 0 Å². The number of rotatable bonds is 5. The number of carbonyl (C=O) groups is 1. The first kappa shape index (κ1) is 19.6. The maximum Gasteiger partial charge on any atom is 0.254 e. The zero-order valence-electron chi connectivity index (χ0n) is 14.9. The average molecular weight is 331 g/mol. The van der Waals surface area contributed by atoms with Crippen molar-refractivity contribution < 1.29 is 4.79 Å². The van der Waals surface area contributed by atoms with Gasteiger partial charge in [0.15, 0.2) is 0 Å². The molecular weight excluding hydrogens is 302 g/mol. The van der Waals surface area contributed by atoms with Gasteiger partial charge in [-0.1, -0.05) is 55.4 Å². The van der Waals surface area contributed by atoms with Crippen LogP contribution < -0.4 is 4.72 Å². The Morgan fingerprint density at radius 3 is 2.52 bits per heavy atom. The van der Waals surface area contributed by atoms with E-state index >= 15 is 0 Å². The fraction of sp³-hybridized carbons (Fsp3) is 0.450. The van der Waals surface area contributed by atoms with Gasteiger partial charge < -0.3 is 0 Å². The van der Waals surface area contributed by atoms with Crippen LogP contribution in [0.5, 0.6) is 0 Å². The van der Waals surface area contributed by atoms with Crippen LogP contribution in [0.1, 0.15) is 53.9 Å². The van der Waals surface area contributed by atoms with Crippen molar-refractivity contribution in [1.29, 1.82) is 0 Å². The third-order valence-electron chi connectivity index (χ3n) is 4.23. The average Bonchev–Trinajstić information content (AvgIpc) is 2.45. The van der Waals surface area contributed by atoms with Gasteiger partial charge in [0.2, 0.25) is 0 Å². The lowest BCUT2D eigenvalue weighted by atomic mass is 9.72. The number of hydrogen-bond donors (Lipinski definition) is 1. The summed E-state index contributed by atoms with van der Waals surface area (Å²) >= 11 is 4.48. The minimum Gasteiger partial charge on any atom is -0.286 e. The quantitative estimate of drug-likeness (QED) is 0.505. The highest BCUT2D eigenvalue weighted by Gasteiger charge is 2.26. The fourth-order valence-corrected chi connectivity index (χ4v) is 2.98. The van der Waals surface area contributed by atoms with E-state index in [2.05, 4.69) is 57.4 Å². The van der Waals surface area contributed by atoms with Gasteiger partial charge in [-0.2, -0.15) is 0 Å². The van der Waals surface area contributed by atoms with Crippen molar-refractivity contribution in [1.82, 2.24) is 4.72 Å². The molecule has 0 atom stereocenters. The smallest absolute Gasteiger partial charge is 0.254 e. The second-order valence-electron chi connectivity index (χ2n) is 6.89. The first-order valence-corrected chi connectivity index (χ1v) is 8.51. The zero-order chi connectivity index (χ0) is 17.5. The summed E-state index contributed by atoms with van der Waals surface area (Å²) in [6.07, 6.45) is 15.6. The van der Waals surface area contributed by atoms with E-state index in [1.165, 1.54) is 42.1 Å². The Morgan fingerprint density at radius 2 is 1.91 bits per heavy atom. The van der Waals surface area contributed by atoms with Gasteiger partial charge in [-0.3, -0.25) is 9.52 Å². The Morgan fingerprint density at radius 1 is 1.22 bits per heavy atom. The first-order chi connectivity index (χ1) is 10.8. The summed E-state index contributed by atoms with van der Waals surface area (Å²) in [6.45, 7) is 10.9. The van der Waals surface area contributed by atoms with E-state index in [9.17, 15) is 4.79 Å². The predicted octanol–water partition coefficient (Wildman–Crippen LogP) is 5.75. The van der Waals surface area contributed by atoms with Crippen molar-refractivity contribution in [2.45, 2.75) is 53.9 Å². The highest BCUT2D eigenvalue weighted by Crippen LogP contribution is 2.40. The fourth-order valence-electron chi connectivity index (χ4n) is 2.92. The van der Waals surface area contributed by atoms with Crippen molar-refractivity contribution in [2.75, 3.05) is 0 Å². The molecular formula is C20H28NOS. The third-order valence-corrected chi connectivity index (χ3v) is 4.43. The van der Waals surface area contributed by atoms with Crippen LogP contribution in [0, 0.1) is 5.41 Å². The molecule has 0 aromatic carbocycles. The van der Waals surface area contributed by atoms with E-state index in [0.29, 0.717) is 0 Å². The summed E-state index contributed by atoms with van der Waals surface area (Å²) in [5.74, 6) is -0.260. The lowest BCUT2D eigenvalue weighted by Crippen LogP contribution is -2.19. The minimum atomic E-state index is -0.260. The minimum absolute atomic E-state index is 0.260. The molecule has 23 heavy (non-hydrogen) atoms. The van der Waals surface area contributed by atoms with E-state index in [1.807, 2.05) is 25.2 Å². The van der Waals surface area contributed by atoms with Crippen LogP contribution >= 0.6 is 12.8 Å². The van der Waals surface area contributed by atoms with Crippen molar-refractivity contribution in [3.63, 3.8) is 0 Å². The molecule has 1 aliphatic carbocycles. The zero-order valence-corrected chi connectivity index (χ0v) is 15.7. The number of hydrogen-bond acceptors (Lipinski definition) is 1. The molecule has 0 fully saturated rings. The molecule has 0 aliphatic heterocycles. The van der Waals surface area contributed by atoms with Crippen LogP contribution in [0.2, 0.25) is 0 Å². The molecule has 1 N–H and O–H groups in total. The van der Waals surface area contributed by atoms with Crippen molar-refractivity contribution in [3.05, 3.63) is 58.7 Å². The van der Waals surface area contributed by atoms with E-state index in [4.69, 9.17) is 0 Å². The van der Waals surface area contributed by atoms with Crippen LogP contribution in [-0.2, 0) is 4.79 Å². The van der Waals surface area contributed by atoms with Crippen LogP contribution in [0.15, 0.2) is 58.7 Å². The maximum atomic E-state index is 11.1. The summed E-state index contributed by atoms with van der Waals surface area (Å²) in [5, 5.41) is 0. The third kappa shape index (κ3) is 6.66. The van der Waals surface area contributed by atoms with E-state index in [-0.39, 0.29) is 11.3 Å². The van der Waals surface area contributed by atoms with Crippen molar-refractivity contribution in [3.8, 4) is 0 Å². The van der Waals surface area contributed by atoms with Gasteiger partial charge in [-0.05, 0) is 56.6 Å². The number of amides is 1. The molecule has 0 spiro atoms. The van der Waals surface area contributed by atoms with Gasteiger partial charge in [-0.15, -0.1) is 0 Å². The van der Waals surface area contributed by atoms with E-state index in [1.54, 1.807) is 0 Å². The van der Waals surface area contributed by atoms with E-state index in [0.717, 1.165) is 5.57 Å². The Hall–Kier alpha value is -1.48. The summed E-state index contributed by atoms with van der Waals surface area (Å²) in [5.41, 5.74) is 5.30. The predicted molar refractivity (Wildman–Crippen MR) is 102 cm³/mol. The summed E-state index contributed by atoms with van der Waals surface area (Å²) in [4.78, 5) is 11.1. The lowest BCUT2D eigenvalue weighted by molar-refractivity contribution is -0.114. The molecule has 2 nitrogen and oxygen atoms in total. The number of nitrogens with one attached hydrogen (secondary N) is 1. The summed E-state index contributed by atoms with van der Waals surface area (Å²) in [6, 6.07) is 0. The maximum absolute atomic E-state index is 11.1. The molecule has 1 aliphatic rings. The Balaban J connectivity index is 2.77. The molecule has 1 amide bonds. The molecule has 0 saturated heterocycles. The molecule has 0 aromatic rings. The summed E-state index contributed by atoms with van der Waals surface area (Å²) < 4.78 is 2.17. The number of carbonyl (C=O) groups excluding carboxylic acids is 1. The van der Waals surface area contributed by atoms with Gasteiger partial charge in [0.1, 0.15) is 0 Å². The van der Waals surface area contributed by atoms with Crippen LogP contribution in [0.3, 0.4) is 0 Å². The van der Waals surface area contributed by atoms with Crippen molar-refractivity contribution >= 4 is 18.7 Å². The molecule has 1 rings (SSSR count). The van der Waals surface area contributed by atoms with Crippen LogP contribution in [0.4, 0.5) is 0 Å². The molecule has 0 bridgehead atoms. The molecule has 0 aromatic heterocycles. The molecule has 0 saturated carbocycles. The highest BCUT2D eigenvalue weighted by molar-refractivity contribution is 7.78. The molecule has 1 radical (unpaired) electrons. The number of allylic oxidation sites excluding steroid dienone is 9. The highest BCUT2D eigenvalue weighted by atomic mass is 32.1. The lowest BCUT2D eigenvalue weighted by Gasteiger charge is -2.32. The van der Waals surface area contributed by atoms with Crippen LogP contribution in [-0.4, -0.2) is 5.91 Å². The second-order valence-corrected chi connectivity index (χ2v) is 7.09. The van der Waals surface area contributed by atoms with E-state index < -0.39 is 0 Å². The van der Waals surface area contributed by atoms with Crippen molar-refractivity contribution in [2.24, 2.45) is 5.41 Å². The Bertz CT molecular complexity index is 589. The van der Waals surface area contributed by atoms with Gasteiger partial charge in [0.25, 0.3) is 5.91 Å². The monoisotopic (exact) mass is 330 g/mol. The molecule has 0 heterocycles. The van der Waals surface area contributed by atoms with Gasteiger partial charge in [0.05, 0.1) is 0 Å². The summed E-state index contributed by atoms with van der Waals surface area (Å²) in [7, 11) is 0. The Labute approximate surface area is 146 Å². The van der Waals surface area contributed by atoms with Gasteiger partial charge in [-0.25, -0.2) is 0 Å². The Kier molecular flexibility index (Phi) is 7.63. The standard InChI is InChI=1S/C20H28NOS/c1-15(8-6-9-16(2)14-19(22)21-23)11-12-18-17(3)10-7-13-20(18,4)5/h6,8-9,11-12,14H,7,10,13H2,1-5H3,(H,21,22). The largest absolute Gasteiger partial charge is 0.286 e. The SMILES string of the molecule is CC(C=CC1=C(C)CCCC1(C)C)=CC=CC(C)=CC(=O)N[S]. The normalized spacial score (nSPS) is 19.7. The van der Waals surface area contributed by atoms with Gasteiger partial charge in [0, 0.05) is 18.9 Å². The first-order valence-electron chi connectivity index (χ1n) is 8.10. The molecule has 3 heteroatoms. The van der Waals surface area contributed by atoms with Gasteiger partial charge >= 0.3 is 0 Å². The molecule has 0 unspecified atom stereocenters.